The highest BCUT2D eigenvalue weighted by atomic mass is 32.1. The van der Waals surface area contributed by atoms with E-state index < -0.39 is 0 Å². The van der Waals surface area contributed by atoms with Crippen LogP contribution in [-0.2, 0) is 19.3 Å². The molecule has 1 aliphatic heterocycles. The molecule has 4 nitrogen and oxygen atoms in total. The number of likely N-dealkylation sites (N-methyl/N-ethyl adjacent to an activating group) is 1. The van der Waals surface area contributed by atoms with Gasteiger partial charge in [0.05, 0.1) is 38.6 Å². The highest BCUT2D eigenvalue weighted by Crippen LogP contribution is 2.39. The molecule has 0 spiro atoms. The van der Waals surface area contributed by atoms with E-state index in [0.717, 1.165) is 25.3 Å². The monoisotopic (exact) mass is 379 g/mol. The molecule has 0 radical (unpaired) electrons. The number of aryl methyl sites for hydroxylation is 2. The molecule has 1 aromatic carbocycles. The average molecular weight is 380 g/mol. The minimum absolute atomic E-state index is 0.811. The highest BCUT2D eigenvalue weighted by molar-refractivity contribution is 7.19. The molecule has 1 fully saturated rings. The first-order valence-electron chi connectivity index (χ1n) is 10.2. The number of anilines is 1. The summed E-state index contributed by atoms with van der Waals surface area (Å²) in [4.78, 5) is 17.1. The lowest BCUT2D eigenvalue weighted by molar-refractivity contribution is -0.880. The number of thiophene rings is 1. The summed E-state index contributed by atoms with van der Waals surface area (Å²) in [5.41, 5.74) is 2.83. The normalized spacial score (nSPS) is 18.0. The molecule has 0 atom stereocenters. The third kappa shape index (κ3) is 3.34. The maximum atomic E-state index is 5.14. The van der Waals surface area contributed by atoms with Crippen molar-refractivity contribution in [1.82, 2.24) is 9.97 Å². The van der Waals surface area contributed by atoms with Crippen LogP contribution >= 0.6 is 11.3 Å². The van der Waals surface area contributed by atoms with Crippen LogP contribution in [0, 0.1) is 0 Å². The first-order valence-corrected chi connectivity index (χ1v) is 11.0. The zero-order valence-electron chi connectivity index (χ0n) is 16.0. The summed E-state index contributed by atoms with van der Waals surface area (Å²) in [6.07, 6.45) is 5.85. The van der Waals surface area contributed by atoms with E-state index in [2.05, 4.69) is 42.3 Å². The van der Waals surface area contributed by atoms with Gasteiger partial charge in [0.15, 0.2) is 0 Å². The lowest BCUT2D eigenvalue weighted by Gasteiger charge is -2.31. The number of hydrogen-bond donors (Lipinski definition) is 1. The Morgan fingerprint density at radius 3 is 2.63 bits per heavy atom. The van der Waals surface area contributed by atoms with Gasteiger partial charge in [-0.15, -0.1) is 11.3 Å². The van der Waals surface area contributed by atoms with Crippen molar-refractivity contribution in [2.45, 2.75) is 32.1 Å². The first-order chi connectivity index (χ1) is 13.3. The summed E-state index contributed by atoms with van der Waals surface area (Å²) >= 11 is 1.92. The number of nitrogens with zero attached hydrogens (tertiary/aromatic N) is 3. The van der Waals surface area contributed by atoms with Crippen molar-refractivity contribution in [3.8, 4) is 0 Å². The number of piperazine rings is 1. The number of aromatic nitrogens is 2. The Labute approximate surface area is 164 Å². The van der Waals surface area contributed by atoms with Crippen molar-refractivity contribution >= 4 is 27.4 Å². The summed E-state index contributed by atoms with van der Waals surface area (Å²) < 4.78 is 0. The molecular weight excluding hydrogens is 352 g/mol. The van der Waals surface area contributed by atoms with E-state index in [1.54, 1.807) is 15.3 Å². The zero-order valence-corrected chi connectivity index (χ0v) is 16.8. The first kappa shape index (κ1) is 17.1. The van der Waals surface area contributed by atoms with Gasteiger partial charge in [-0.25, -0.2) is 9.97 Å². The van der Waals surface area contributed by atoms with Crippen LogP contribution in [0.2, 0.25) is 0 Å². The molecule has 0 amide bonds. The summed E-state index contributed by atoms with van der Waals surface area (Å²) in [5, 5.41) is 1.37. The topological polar surface area (TPSA) is 33.5 Å². The largest absolute Gasteiger partial charge is 0.345 e. The number of nitrogens with one attached hydrogen (secondary N) is 1. The molecule has 1 saturated heterocycles. The average Bonchev–Trinajstić information content (AvgIpc) is 3.07. The lowest BCUT2D eigenvalue weighted by Crippen LogP contribution is -3.12. The molecule has 0 unspecified atom stereocenters. The SMILES string of the molecule is C[NH+]1CCN(c2nc(Cc3ccccc3)nc3sc4c(c23)CCCC4)CC1. The van der Waals surface area contributed by atoms with Gasteiger partial charge in [-0.05, 0) is 36.8 Å². The molecule has 2 aromatic heterocycles. The minimum Gasteiger partial charge on any atom is -0.345 e. The van der Waals surface area contributed by atoms with Crippen molar-refractivity contribution in [2.24, 2.45) is 0 Å². The predicted molar refractivity (Wildman–Crippen MR) is 112 cm³/mol. The molecule has 140 valence electrons. The van der Waals surface area contributed by atoms with Crippen LogP contribution in [0.4, 0.5) is 5.82 Å². The second kappa shape index (κ2) is 7.21. The van der Waals surface area contributed by atoms with Crippen LogP contribution in [0.5, 0.6) is 0 Å². The van der Waals surface area contributed by atoms with Crippen molar-refractivity contribution in [3.63, 3.8) is 0 Å². The summed E-state index contributed by atoms with van der Waals surface area (Å²) in [7, 11) is 2.29. The molecule has 5 rings (SSSR count). The van der Waals surface area contributed by atoms with Crippen LogP contribution in [0.1, 0.15) is 34.7 Å². The van der Waals surface area contributed by atoms with Crippen LogP contribution in [0.15, 0.2) is 30.3 Å². The fraction of sp³-hybridized carbons (Fsp3) is 0.455. The van der Waals surface area contributed by atoms with Crippen LogP contribution < -0.4 is 9.80 Å². The Hall–Kier alpha value is -1.98. The van der Waals surface area contributed by atoms with E-state index in [0.29, 0.717) is 0 Å². The van der Waals surface area contributed by atoms with Gasteiger partial charge in [-0.2, -0.15) is 0 Å². The highest BCUT2D eigenvalue weighted by Gasteiger charge is 2.26. The van der Waals surface area contributed by atoms with Crippen molar-refractivity contribution < 1.29 is 4.90 Å². The Bertz CT molecular complexity index is 942. The van der Waals surface area contributed by atoms with E-state index in [4.69, 9.17) is 9.97 Å². The lowest BCUT2D eigenvalue weighted by atomic mass is 9.96. The van der Waals surface area contributed by atoms with Crippen molar-refractivity contribution in [1.29, 1.82) is 0 Å². The van der Waals surface area contributed by atoms with Crippen LogP contribution in [0.3, 0.4) is 0 Å². The number of hydrogen-bond acceptors (Lipinski definition) is 4. The standard InChI is InChI=1S/C22H26N4S/c1-25-11-13-26(14-12-25)21-20-17-9-5-6-10-18(17)27-22(20)24-19(23-21)15-16-7-3-2-4-8-16/h2-4,7-8H,5-6,9-15H2,1H3/p+1. The smallest absolute Gasteiger partial charge is 0.141 e. The second-order valence-corrected chi connectivity index (χ2v) is 9.04. The van der Waals surface area contributed by atoms with Crippen LogP contribution in [0.25, 0.3) is 10.2 Å². The van der Waals surface area contributed by atoms with E-state index >= 15 is 0 Å². The second-order valence-electron chi connectivity index (χ2n) is 7.96. The molecule has 3 heterocycles. The summed E-state index contributed by atoms with van der Waals surface area (Å²) in [5.74, 6) is 2.17. The Morgan fingerprint density at radius 2 is 1.81 bits per heavy atom. The molecule has 1 aliphatic carbocycles. The van der Waals surface area contributed by atoms with Gasteiger partial charge in [0.25, 0.3) is 0 Å². The molecule has 5 heteroatoms. The maximum absolute atomic E-state index is 5.14. The summed E-state index contributed by atoms with van der Waals surface area (Å²) in [6.45, 7) is 4.55. The fourth-order valence-corrected chi connectivity index (χ4v) is 5.64. The molecular formula is C22H27N4S+. The number of benzene rings is 1. The molecule has 0 saturated carbocycles. The van der Waals surface area contributed by atoms with Gasteiger partial charge in [0, 0.05) is 11.3 Å². The quantitative estimate of drug-likeness (QED) is 0.759. The molecule has 1 N–H and O–H groups in total. The summed E-state index contributed by atoms with van der Waals surface area (Å²) in [6, 6.07) is 10.6. The molecule has 3 aromatic rings. The van der Waals surface area contributed by atoms with E-state index in [1.807, 2.05) is 11.3 Å². The van der Waals surface area contributed by atoms with E-state index in [1.165, 1.54) is 60.4 Å². The van der Waals surface area contributed by atoms with E-state index in [9.17, 15) is 0 Å². The van der Waals surface area contributed by atoms with Gasteiger partial charge in [-0.3, -0.25) is 0 Å². The van der Waals surface area contributed by atoms with Crippen molar-refractivity contribution in [3.05, 3.63) is 52.2 Å². The zero-order chi connectivity index (χ0) is 18.2. The van der Waals surface area contributed by atoms with Gasteiger partial charge in [-0.1, -0.05) is 30.3 Å². The minimum atomic E-state index is 0.811. The van der Waals surface area contributed by atoms with E-state index in [-0.39, 0.29) is 0 Å². The van der Waals surface area contributed by atoms with Gasteiger partial charge in [0.1, 0.15) is 16.5 Å². The van der Waals surface area contributed by atoms with Gasteiger partial charge >= 0.3 is 0 Å². The predicted octanol–water partition coefficient (Wildman–Crippen LogP) is 2.50. The Kier molecular flexibility index (Phi) is 4.58. The fourth-order valence-electron chi connectivity index (χ4n) is 4.37. The molecule has 0 bridgehead atoms. The molecule has 27 heavy (non-hydrogen) atoms. The maximum Gasteiger partial charge on any atom is 0.141 e. The van der Waals surface area contributed by atoms with Gasteiger partial charge < -0.3 is 9.80 Å². The number of fused-ring (bicyclic) bond motifs is 3. The number of rotatable bonds is 3. The molecule has 2 aliphatic rings. The third-order valence-corrected chi connectivity index (χ3v) is 7.15. The van der Waals surface area contributed by atoms with Crippen LogP contribution in [-0.4, -0.2) is 43.2 Å². The third-order valence-electron chi connectivity index (χ3n) is 5.96. The Balaban J connectivity index is 1.61. The van der Waals surface area contributed by atoms with Crippen molar-refractivity contribution in [2.75, 3.05) is 38.1 Å². The van der Waals surface area contributed by atoms with Gasteiger partial charge in [0.2, 0.25) is 0 Å². The Morgan fingerprint density at radius 1 is 1.04 bits per heavy atom. The number of quaternary nitrogens is 1.